The molecule has 0 amide bonds. The number of Topliss-reactive ketones (excluding diaryl/α,β-unsaturated/α-hetero) is 1. The molecule has 1 aromatic rings. The highest BCUT2D eigenvalue weighted by Crippen LogP contribution is 2.42. The molecule has 0 unspecified atom stereocenters. The van der Waals surface area contributed by atoms with Gasteiger partial charge in [0.05, 0.1) is 18.6 Å². The van der Waals surface area contributed by atoms with Gasteiger partial charge in [0.25, 0.3) is 0 Å². The molecule has 1 spiro atoms. The molecule has 1 heterocycles. The predicted octanol–water partition coefficient (Wildman–Crippen LogP) is 3.75. The van der Waals surface area contributed by atoms with Crippen LogP contribution in [0.3, 0.4) is 0 Å². The Morgan fingerprint density at radius 3 is 2.79 bits per heavy atom. The molecule has 1 aromatic carbocycles. The van der Waals surface area contributed by atoms with Crippen LogP contribution in [0.5, 0.6) is 11.5 Å². The monoisotopic (exact) mass is 260 g/mol. The molecule has 0 radical (unpaired) electrons. The van der Waals surface area contributed by atoms with Crippen LogP contribution < -0.4 is 9.47 Å². The summed E-state index contributed by atoms with van der Waals surface area (Å²) in [5.41, 5.74) is 0.465. The third-order valence-electron chi connectivity index (χ3n) is 4.14. The predicted molar refractivity (Wildman–Crippen MR) is 73.0 cm³/mol. The molecule has 1 fully saturated rings. The van der Waals surface area contributed by atoms with Gasteiger partial charge in [0.15, 0.2) is 5.78 Å². The Balaban J connectivity index is 1.92. The molecular weight excluding hydrogens is 240 g/mol. The number of hydrogen-bond donors (Lipinski definition) is 0. The fraction of sp³-hybridized carbons (Fsp3) is 0.562. The minimum atomic E-state index is -0.243. The number of hydrogen-bond acceptors (Lipinski definition) is 3. The third kappa shape index (κ3) is 2.34. The first kappa shape index (κ1) is 12.5. The highest BCUT2D eigenvalue weighted by atomic mass is 16.5. The number of ether oxygens (including phenoxy) is 2. The van der Waals surface area contributed by atoms with Crippen molar-refractivity contribution < 1.29 is 14.3 Å². The normalized spacial score (nSPS) is 20.8. The van der Waals surface area contributed by atoms with E-state index in [-0.39, 0.29) is 11.4 Å². The Hall–Kier alpha value is -1.51. The Morgan fingerprint density at radius 1 is 1.26 bits per heavy atom. The lowest BCUT2D eigenvalue weighted by Crippen LogP contribution is -2.43. The number of rotatable bonds is 2. The van der Waals surface area contributed by atoms with E-state index in [1.807, 2.05) is 25.1 Å². The lowest BCUT2D eigenvalue weighted by atomic mass is 9.78. The second-order valence-electron chi connectivity index (χ2n) is 5.54. The van der Waals surface area contributed by atoms with Crippen molar-refractivity contribution in [3.63, 3.8) is 0 Å². The summed E-state index contributed by atoms with van der Waals surface area (Å²) in [6, 6.07) is 5.55. The number of carbonyl (C=O) groups excluding carboxylic acids is 1. The maximum atomic E-state index is 12.3. The number of ketones is 1. The van der Waals surface area contributed by atoms with Gasteiger partial charge >= 0.3 is 0 Å². The number of benzene rings is 1. The second kappa shape index (κ2) is 4.87. The van der Waals surface area contributed by atoms with E-state index < -0.39 is 0 Å². The summed E-state index contributed by atoms with van der Waals surface area (Å²) in [4.78, 5) is 12.3. The molecule has 1 aliphatic carbocycles. The summed E-state index contributed by atoms with van der Waals surface area (Å²) in [6.07, 6.45) is 6.11. The molecule has 3 heteroatoms. The van der Waals surface area contributed by atoms with Gasteiger partial charge in [0, 0.05) is 6.07 Å². The largest absolute Gasteiger partial charge is 0.494 e. The average Bonchev–Trinajstić information content (AvgIpc) is 2.39. The van der Waals surface area contributed by atoms with Crippen LogP contribution in [-0.2, 0) is 0 Å². The van der Waals surface area contributed by atoms with E-state index in [1.54, 1.807) is 0 Å². The topological polar surface area (TPSA) is 35.5 Å². The molecule has 3 nitrogen and oxygen atoms in total. The first-order valence-electron chi connectivity index (χ1n) is 7.21. The van der Waals surface area contributed by atoms with Crippen LogP contribution in [0.4, 0.5) is 0 Å². The van der Waals surface area contributed by atoms with Crippen molar-refractivity contribution in [2.75, 3.05) is 6.61 Å². The van der Waals surface area contributed by atoms with E-state index in [0.717, 1.165) is 31.4 Å². The minimum absolute atomic E-state index is 0.214. The van der Waals surface area contributed by atoms with Crippen LogP contribution in [0.1, 0.15) is 55.8 Å². The van der Waals surface area contributed by atoms with Crippen molar-refractivity contribution in [1.82, 2.24) is 0 Å². The first-order chi connectivity index (χ1) is 9.22. The van der Waals surface area contributed by atoms with Gasteiger partial charge in [-0.2, -0.15) is 0 Å². The van der Waals surface area contributed by atoms with Gasteiger partial charge < -0.3 is 9.47 Å². The Kier molecular flexibility index (Phi) is 3.21. The quantitative estimate of drug-likeness (QED) is 0.812. The molecule has 0 saturated heterocycles. The van der Waals surface area contributed by atoms with E-state index in [9.17, 15) is 4.79 Å². The van der Waals surface area contributed by atoms with Crippen LogP contribution in [0.25, 0.3) is 0 Å². The van der Waals surface area contributed by atoms with Crippen molar-refractivity contribution >= 4 is 5.78 Å². The summed E-state index contributed by atoms with van der Waals surface area (Å²) < 4.78 is 11.7. The molecule has 1 aliphatic heterocycles. The van der Waals surface area contributed by atoms with E-state index in [1.165, 1.54) is 6.42 Å². The van der Waals surface area contributed by atoms with Crippen molar-refractivity contribution in [2.45, 2.75) is 51.0 Å². The second-order valence-corrected chi connectivity index (χ2v) is 5.54. The Bertz CT molecular complexity index is 487. The molecule has 1 saturated carbocycles. The van der Waals surface area contributed by atoms with Crippen molar-refractivity contribution in [3.05, 3.63) is 23.8 Å². The van der Waals surface area contributed by atoms with Gasteiger partial charge in [-0.05, 0) is 44.7 Å². The first-order valence-corrected chi connectivity index (χ1v) is 7.21. The van der Waals surface area contributed by atoms with E-state index in [4.69, 9.17) is 9.47 Å². The molecule has 0 atom stereocenters. The molecule has 2 aliphatic rings. The molecule has 0 aromatic heterocycles. The molecule has 102 valence electrons. The van der Waals surface area contributed by atoms with Crippen molar-refractivity contribution in [3.8, 4) is 11.5 Å². The summed E-state index contributed by atoms with van der Waals surface area (Å²) in [5.74, 6) is 1.71. The molecule has 0 bridgehead atoms. The summed E-state index contributed by atoms with van der Waals surface area (Å²) in [5, 5.41) is 0. The summed E-state index contributed by atoms with van der Waals surface area (Å²) in [6.45, 7) is 2.58. The smallest absolute Gasteiger partial charge is 0.170 e. The summed E-state index contributed by atoms with van der Waals surface area (Å²) in [7, 11) is 0. The van der Waals surface area contributed by atoms with E-state index in [2.05, 4.69) is 0 Å². The highest BCUT2D eigenvalue weighted by Gasteiger charge is 2.41. The van der Waals surface area contributed by atoms with Crippen LogP contribution in [0.15, 0.2) is 18.2 Å². The highest BCUT2D eigenvalue weighted by molar-refractivity contribution is 6.00. The van der Waals surface area contributed by atoms with Crippen molar-refractivity contribution in [1.29, 1.82) is 0 Å². The van der Waals surface area contributed by atoms with Gasteiger partial charge in [0.2, 0.25) is 0 Å². The SMILES string of the molecule is CCOc1ccc2c(c1)OC1(CCCCC1)CC2=O. The van der Waals surface area contributed by atoms with Gasteiger partial charge in [-0.15, -0.1) is 0 Å². The average molecular weight is 260 g/mol. The van der Waals surface area contributed by atoms with Crippen LogP contribution >= 0.6 is 0 Å². The van der Waals surface area contributed by atoms with Crippen LogP contribution in [-0.4, -0.2) is 18.0 Å². The van der Waals surface area contributed by atoms with Gasteiger partial charge in [0.1, 0.15) is 17.1 Å². The lowest BCUT2D eigenvalue weighted by Gasteiger charge is -2.40. The zero-order chi connectivity index (χ0) is 13.3. The van der Waals surface area contributed by atoms with Gasteiger partial charge in [-0.25, -0.2) is 0 Å². The standard InChI is InChI=1S/C16H20O3/c1-2-18-12-6-7-13-14(17)11-16(19-15(13)10-12)8-4-3-5-9-16/h6-7,10H,2-5,8-9,11H2,1H3. The number of carbonyl (C=O) groups is 1. The zero-order valence-electron chi connectivity index (χ0n) is 11.4. The third-order valence-corrected chi connectivity index (χ3v) is 4.14. The van der Waals surface area contributed by atoms with Crippen LogP contribution in [0.2, 0.25) is 0 Å². The van der Waals surface area contributed by atoms with Crippen LogP contribution in [0, 0.1) is 0 Å². The Labute approximate surface area is 113 Å². The maximum absolute atomic E-state index is 12.3. The van der Waals surface area contributed by atoms with Gasteiger partial charge in [-0.1, -0.05) is 6.42 Å². The minimum Gasteiger partial charge on any atom is -0.494 e. The van der Waals surface area contributed by atoms with Crippen molar-refractivity contribution in [2.24, 2.45) is 0 Å². The van der Waals surface area contributed by atoms with Gasteiger partial charge in [-0.3, -0.25) is 4.79 Å². The lowest BCUT2D eigenvalue weighted by molar-refractivity contribution is 0.0134. The fourth-order valence-corrected chi connectivity index (χ4v) is 3.21. The molecule has 0 N–H and O–H groups in total. The van der Waals surface area contributed by atoms with E-state index in [0.29, 0.717) is 24.3 Å². The Morgan fingerprint density at radius 2 is 2.05 bits per heavy atom. The number of fused-ring (bicyclic) bond motifs is 1. The maximum Gasteiger partial charge on any atom is 0.170 e. The molecule has 19 heavy (non-hydrogen) atoms. The molecule has 3 rings (SSSR count). The van der Waals surface area contributed by atoms with E-state index >= 15 is 0 Å². The molecular formula is C16H20O3. The fourth-order valence-electron chi connectivity index (χ4n) is 3.21. The zero-order valence-corrected chi connectivity index (χ0v) is 11.4. The summed E-state index contributed by atoms with van der Waals surface area (Å²) >= 11 is 0.